The Morgan fingerprint density at radius 3 is 2.18 bits per heavy atom. The largest absolute Gasteiger partial charge is 0.139 e. The van der Waals surface area contributed by atoms with E-state index in [2.05, 4.69) is 37.3 Å². The van der Waals surface area contributed by atoms with E-state index in [1.54, 1.807) is 19.2 Å². The Hall–Kier alpha value is -0.340. The Morgan fingerprint density at radius 1 is 0.909 bits per heavy atom. The van der Waals surface area contributed by atoms with E-state index < -0.39 is 0 Å². The third kappa shape index (κ3) is 4.35. The molecule has 0 saturated heterocycles. The van der Waals surface area contributed by atoms with Crippen LogP contribution in [0.5, 0.6) is 0 Å². The van der Waals surface area contributed by atoms with Gasteiger partial charge in [0, 0.05) is 19.2 Å². The van der Waals surface area contributed by atoms with Crippen LogP contribution in [0, 0.1) is 11.8 Å². The molecule has 2 aromatic rings. The fraction of sp³-hybridized carbons (Fsp3) is 0.700. The third-order valence-electron chi connectivity index (χ3n) is 5.27. The van der Waals surface area contributed by atoms with Gasteiger partial charge in [0.15, 0.2) is 0 Å². The van der Waals surface area contributed by atoms with Crippen LogP contribution in [0.15, 0.2) is 12.1 Å². The van der Waals surface area contributed by atoms with Gasteiger partial charge in [-0.1, -0.05) is 52.4 Å². The summed E-state index contributed by atoms with van der Waals surface area (Å²) in [4.78, 5) is 3.22. The van der Waals surface area contributed by atoms with Crippen LogP contribution in [-0.4, -0.2) is 0 Å². The number of aryl methyl sites for hydroxylation is 2. The summed E-state index contributed by atoms with van der Waals surface area (Å²) < 4.78 is 3.09. The molecule has 1 aliphatic rings. The van der Waals surface area contributed by atoms with Gasteiger partial charge in [-0.15, -0.1) is 22.7 Å². The predicted molar refractivity (Wildman–Crippen MR) is 102 cm³/mol. The van der Waals surface area contributed by atoms with E-state index in [9.17, 15) is 0 Å². The van der Waals surface area contributed by atoms with Crippen LogP contribution in [0.2, 0.25) is 0 Å². The van der Waals surface area contributed by atoms with E-state index in [1.807, 2.05) is 11.3 Å². The standard InChI is InChI=1S/C20H30S2/c1-3-4-5-6-17-13-19-20(21-17)14-18(22-19)12-11-16-9-7-15(2)8-10-16/h13-16H,3-12H2,1-2H3. The maximum atomic E-state index is 2.49. The van der Waals surface area contributed by atoms with Crippen molar-refractivity contribution in [2.24, 2.45) is 11.8 Å². The molecule has 2 heterocycles. The zero-order valence-electron chi connectivity index (χ0n) is 14.2. The molecule has 0 atom stereocenters. The Labute approximate surface area is 143 Å². The van der Waals surface area contributed by atoms with Gasteiger partial charge in [0.05, 0.1) is 0 Å². The molecule has 3 rings (SSSR count). The minimum atomic E-state index is 0.981. The van der Waals surface area contributed by atoms with Crippen LogP contribution in [0.25, 0.3) is 9.40 Å². The first-order valence-electron chi connectivity index (χ1n) is 9.25. The van der Waals surface area contributed by atoms with Crippen molar-refractivity contribution in [2.75, 3.05) is 0 Å². The van der Waals surface area contributed by atoms with Crippen molar-refractivity contribution >= 4 is 32.1 Å². The summed E-state index contributed by atoms with van der Waals surface area (Å²) in [6.45, 7) is 4.70. The number of fused-ring (bicyclic) bond motifs is 1. The Morgan fingerprint density at radius 2 is 1.55 bits per heavy atom. The molecule has 22 heavy (non-hydrogen) atoms. The molecule has 0 aromatic carbocycles. The normalized spacial score (nSPS) is 22.5. The molecule has 0 nitrogen and oxygen atoms in total. The quantitative estimate of drug-likeness (QED) is 0.461. The summed E-state index contributed by atoms with van der Waals surface area (Å²) in [5, 5.41) is 0. The molecule has 0 aliphatic heterocycles. The summed E-state index contributed by atoms with van der Waals surface area (Å²) in [5.74, 6) is 1.98. The maximum absolute atomic E-state index is 2.49. The van der Waals surface area contributed by atoms with Gasteiger partial charge in [0.2, 0.25) is 0 Å². The van der Waals surface area contributed by atoms with E-state index in [-0.39, 0.29) is 0 Å². The second-order valence-electron chi connectivity index (χ2n) is 7.28. The minimum Gasteiger partial charge on any atom is -0.139 e. The topological polar surface area (TPSA) is 0 Å². The molecule has 0 unspecified atom stereocenters. The molecule has 2 aromatic heterocycles. The first-order chi connectivity index (χ1) is 10.7. The van der Waals surface area contributed by atoms with Crippen LogP contribution < -0.4 is 0 Å². The lowest BCUT2D eigenvalue weighted by Crippen LogP contribution is -2.12. The third-order valence-corrected chi connectivity index (χ3v) is 7.68. The van der Waals surface area contributed by atoms with Gasteiger partial charge in [0.1, 0.15) is 0 Å². The van der Waals surface area contributed by atoms with Crippen molar-refractivity contribution in [1.29, 1.82) is 0 Å². The van der Waals surface area contributed by atoms with E-state index in [0.717, 1.165) is 11.8 Å². The summed E-state index contributed by atoms with van der Waals surface area (Å²) in [7, 11) is 0. The molecule has 1 aliphatic carbocycles. The van der Waals surface area contributed by atoms with Crippen LogP contribution >= 0.6 is 22.7 Å². The number of rotatable bonds is 7. The van der Waals surface area contributed by atoms with Crippen molar-refractivity contribution in [2.45, 2.75) is 78.1 Å². The van der Waals surface area contributed by atoms with Crippen molar-refractivity contribution in [3.63, 3.8) is 0 Å². The van der Waals surface area contributed by atoms with E-state index >= 15 is 0 Å². The molecule has 0 N–H and O–H groups in total. The lowest BCUT2D eigenvalue weighted by Gasteiger charge is -2.25. The summed E-state index contributed by atoms with van der Waals surface area (Å²) >= 11 is 4.10. The second kappa shape index (κ2) is 7.97. The van der Waals surface area contributed by atoms with E-state index in [0.29, 0.717) is 0 Å². The Kier molecular flexibility index (Phi) is 5.98. The van der Waals surface area contributed by atoms with Crippen LogP contribution in [0.4, 0.5) is 0 Å². The summed E-state index contributed by atoms with van der Waals surface area (Å²) in [5.41, 5.74) is 0. The zero-order chi connectivity index (χ0) is 15.4. The molecule has 1 saturated carbocycles. The highest BCUT2D eigenvalue weighted by molar-refractivity contribution is 7.27. The zero-order valence-corrected chi connectivity index (χ0v) is 15.8. The molecule has 0 spiro atoms. The van der Waals surface area contributed by atoms with Crippen molar-refractivity contribution < 1.29 is 0 Å². The number of hydrogen-bond donors (Lipinski definition) is 0. The second-order valence-corrected chi connectivity index (χ2v) is 9.61. The molecule has 2 heteroatoms. The highest BCUT2D eigenvalue weighted by Gasteiger charge is 2.18. The Bertz CT molecular complexity index is 538. The highest BCUT2D eigenvalue weighted by Crippen LogP contribution is 2.36. The van der Waals surface area contributed by atoms with Gasteiger partial charge in [-0.05, 0) is 49.7 Å². The molecule has 1 fully saturated rings. The van der Waals surface area contributed by atoms with Gasteiger partial charge in [-0.25, -0.2) is 0 Å². The minimum absolute atomic E-state index is 0.981. The van der Waals surface area contributed by atoms with Gasteiger partial charge in [-0.3, -0.25) is 0 Å². The summed E-state index contributed by atoms with van der Waals surface area (Å²) in [6.07, 6.45) is 14.0. The van der Waals surface area contributed by atoms with Crippen LogP contribution in [0.3, 0.4) is 0 Å². The van der Waals surface area contributed by atoms with E-state index in [1.165, 1.54) is 64.2 Å². The number of hydrogen-bond acceptors (Lipinski definition) is 2. The fourth-order valence-corrected chi connectivity index (χ4v) is 6.20. The molecule has 0 amide bonds. The van der Waals surface area contributed by atoms with Crippen LogP contribution in [-0.2, 0) is 12.8 Å². The van der Waals surface area contributed by atoms with Gasteiger partial charge in [-0.2, -0.15) is 0 Å². The van der Waals surface area contributed by atoms with Crippen molar-refractivity contribution in [3.8, 4) is 0 Å². The summed E-state index contributed by atoms with van der Waals surface area (Å²) in [6, 6.07) is 4.95. The molecule has 0 radical (unpaired) electrons. The molecule has 122 valence electrons. The molecule has 0 bridgehead atoms. The maximum Gasteiger partial charge on any atom is 0.0456 e. The average molecular weight is 335 g/mol. The fourth-order valence-electron chi connectivity index (χ4n) is 3.70. The first kappa shape index (κ1) is 16.5. The highest BCUT2D eigenvalue weighted by atomic mass is 32.1. The lowest BCUT2D eigenvalue weighted by molar-refractivity contribution is 0.278. The lowest BCUT2D eigenvalue weighted by atomic mass is 9.81. The van der Waals surface area contributed by atoms with Crippen molar-refractivity contribution in [1.82, 2.24) is 0 Å². The van der Waals surface area contributed by atoms with Crippen LogP contribution in [0.1, 0.15) is 75.0 Å². The number of thiophene rings is 2. The van der Waals surface area contributed by atoms with E-state index in [4.69, 9.17) is 0 Å². The first-order valence-corrected chi connectivity index (χ1v) is 10.9. The van der Waals surface area contributed by atoms with Gasteiger partial charge < -0.3 is 0 Å². The molecular formula is C20H30S2. The average Bonchev–Trinajstić information content (AvgIpc) is 3.05. The Balaban J connectivity index is 1.51. The van der Waals surface area contributed by atoms with Gasteiger partial charge >= 0.3 is 0 Å². The number of unbranched alkanes of at least 4 members (excludes halogenated alkanes) is 2. The van der Waals surface area contributed by atoms with Crippen molar-refractivity contribution in [3.05, 3.63) is 21.9 Å². The molecular weight excluding hydrogens is 304 g/mol. The SMILES string of the molecule is CCCCCc1cc2sc(CCC3CCC(C)CC3)cc2s1. The predicted octanol–water partition coefficient (Wildman–Crippen LogP) is 7.45. The smallest absolute Gasteiger partial charge is 0.0456 e. The van der Waals surface area contributed by atoms with Gasteiger partial charge in [0.25, 0.3) is 0 Å². The monoisotopic (exact) mass is 334 g/mol.